The molecule has 134 valence electrons. The third-order valence-corrected chi connectivity index (χ3v) is 4.70. The number of nitrogens with two attached hydrogens (primary N) is 1. The number of anilines is 1. The number of rotatable bonds is 4. The number of piperidine rings is 1. The summed E-state index contributed by atoms with van der Waals surface area (Å²) >= 11 is 0. The highest BCUT2D eigenvalue weighted by Crippen LogP contribution is 2.26. The van der Waals surface area contributed by atoms with Gasteiger partial charge < -0.3 is 20.6 Å². The van der Waals surface area contributed by atoms with Crippen LogP contribution in [-0.4, -0.2) is 48.2 Å². The standard InChI is InChI=1S/C17H25FN4O.HI/c1-21(13-3-4-13)17(19)20-11-12-2-5-16(15(18)10-12)22-8-6-14(23)7-9-22;/h2,5,10,13-14,23H,3-4,6-9,11H2,1H3,(H2,19,20);1H. The molecule has 1 aliphatic carbocycles. The second-order valence-corrected chi connectivity index (χ2v) is 6.52. The normalized spacial score (nSPS) is 19.1. The second-order valence-electron chi connectivity index (χ2n) is 6.52. The first-order valence-electron chi connectivity index (χ1n) is 8.29. The average molecular weight is 448 g/mol. The van der Waals surface area contributed by atoms with Gasteiger partial charge in [-0.2, -0.15) is 0 Å². The maximum atomic E-state index is 14.4. The van der Waals surface area contributed by atoms with Crippen LogP contribution in [0.4, 0.5) is 10.1 Å². The Morgan fingerprint density at radius 2 is 2.00 bits per heavy atom. The number of aliphatic hydroxyl groups excluding tert-OH is 1. The van der Waals surface area contributed by atoms with Gasteiger partial charge in [-0.3, -0.25) is 0 Å². The zero-order valence-electron chi connectivity index (χ0n) is 14.0. The molecule has 1 aliphatic heterocycles. The van der Waals surface area contributed by atoms with E-state index in [0.717, 1.165) is 5.56 Å². The summed E-state index contributed by atoms with van der Waals surface area (Å²) in [7, 11) is 1.95. The maximum absolute atomic E-state index is 14.4. The number of hydrogen-bond acceptors (Lipinski definition) is 3. The highest BCUT2D eigenvalue weighted by atomic mass is 127. The van der Waals surface area contributed by atoms with Crippen LogP contribution in [0.1, 0.15) is 31.2 Å². The Labute approximate surface area is 159 Å². The molecule has 5 nitrogen and oxygen atoms in total. The van der Waals surface area contributed by atoms with Crippen molar-refractivity contribution >= 4 is 35.6 Å². The van der Waals surface area contributed by atoms with Gasteiger partial charge in [-0.25, -0.2) is 9.38 Å². The lowest BCUT2D eigenvalue weighted by Crippen LogP contribution is -2.36. The van der Waals surface area contributed by atoms with Crippen molar-refractivity contribution < 1.29 is 9.50 Å². The summed E-state index contributed by atoms with van der Waals surface area (Å²) in [5.41, 5.74) is 7.37. The minimum absolute atomic E-state index is 0. The molecular formula is C17H26FIN4O. The summed E-state index contributed by atoms with van der Waals surface area (Å²) in [4.78, 5) is 8.34. The molecule has 24 heavy (non-hydrogen) atoms. The number of guanidine groups is 1. The highest BCUT2D eigenvalue weighted by Gasteiger charge is 2.27. The van der Waals surface area contributed by atoms with Crippen LogP contribution in [0.25, 0.3) is 0 Å². The van der Waals surface area contributed by atoms with Gasteiger partial charge in [0.05, 0.1) is 18.3 Å². The van der Waals surface area contributed by atoms with Gasteiger partial charge in [0, 0.05) is 26.2 Å². The fraction of sp³-hybridized carbons (Fsp3) is 0.588. The second kappa shape index (κ2) is 8.33. The topological polar surface area (TPSA) is 65.1 Å². The summed E-state index contributed by atoms with van der Waals surface area (Å²) in [6.07, 6.45) is 3.46. The summed E-state index contributed by atoms with van der Waals surface area (Å²) in [5.74, 6) is 0.283. The number of hydrogen-bond donors (Lipinski definition) is 2. The Kier molecular flexibility index (Phi) is 6.68. The summed E-state index contributed by atoms with van der Waals surface area (Å²) < 4.78 is 14.4. The molecule has 1 heterocycles. The molecular weight excluding hydrogens is 422 g/mol. The van der Waals surface area contributed by atoms with Crippen LogP contribution in [0.5, 0.6) is 0 Å². The molecule has 1 saturated heterocycles. The number of aliphatic hydroxyl groups is 1. The lowest BCUT2D eigenvalue weighted by Gasteiger charge is -2.31. The molecule has 0 unspecified atom stereocenters. The predicted octanol–water partition coefficient (Wildman–Crippen LogP) is 2.31. The van der Waals surface area contributed by atoms with E-state index in [0.29, 0.717) is 50.2 Å². The summed E-state index contributed by atoms with van der Waals surface area (Å²) in [6, 6.07) is 5.76. The Morgan fingerprint density at radius 3 is 2.58 bits per heavy atom. The molecule has 2 fully saturated rings. The van der Waals surface area contributed by atoms with Crippen molar-refractivity contribution in [3.63, 3.8) is 0 Å². The Balaban J connectivity index is 0.00000208. The minimum atomic E-state index is -0.255. The molecule has 0 spiro atoms. The van der Waals surface area contributed by atoms with E-state index in [1.165, 1.54) is 18.9 Å². The Morgan fingerprint density at radius 1 is 1.33 bits per heavy atom. The molecule has 1 aromatic rings. The lowest BCUT2D eigenvalue weighted by molar-refractivity contribution is 0.145. The van der Waals surface area contributed by atoms with Gasteiger partial charge in [0.15, 0.2) is 5.96 Å². The molecule has 3 N–H and O–H groups in total. The van der Waals surface area contributed by atoms with Gasteiger partial charge in [0.1, 0.15) is 5.82 Å². The van der Waals surface area contributed by atoms with E-state index in [9.17, 15) is 9.50 Å². The van der Waals surface area contributed by atoms with Crippen LogP contribution in [0.15, 0.2) is 23.2 Å². The summed E-state index contributed by atoms with van der Waals surface area (Å²) in [6.45, 7) is 1.77. The zero-order chi connectivity index (χ0) is 16.4. The average Bonchev–Trinajstić information content (AvgIpc) is 3.38. The fourth-order valence-corrected chi connectivity index (χ4v) is 2.94. The number of benzene rings is 1. The van der Waals surface area contributed by atoms with E-state index >= 15 is 0 Å². The quantitative estimate of drug-likeness (QED) is 0.422. The van der Waals surface area contributed by atoms with E-state index in [1.807, 2.05) is 22.9 Å². The minimum Gasteiger partial charge on any atom is -0.393 e. The molecule has 0 bridgehead atoms. The van der Waals surface area contributed by atoms with Crippen molar-refractivity contribution in [1.29, 1.82) is 0 Å². The van der Waals surface area contributed by atoms with Crippen molar-refractivity contribution in [3.8, 4) is 0 Å². The smallest absolute Gasteiger partial charge is 0.191 e. The van der Waals surface area contributed by atoms with Crippen LogP contribution in [0.2, 0.25) is 0 Å². The van der Waals surface area contributed by atoms with Crippen LogP contribution in [0, 0.1) is 5.82 Å². The molecule has 2 aliphatic rings. The number of halogens is 2. The maximum Gasteiger partial charge on any atom is 0.191 e. The van der Waals surface area contributed by atoms with Crippen LogP contribution in [-0.2, 0) is 6.54 Å². The van der Waals surface area contributed by atoms with Crippen LogP contribution >= 0.6 is 24.0 Å². The molecule has 0 radical (unpaired) electrons. The van der Waals surface area contributed by atoms with Crippen molar-refractivity contribution in [3.05, 3.63) is 29.6 Å². The third kappa shape index (κ3) is 4.72. The first kappa shape index (κ1) is 19.2. The van der Waals surface area contributed by atoms with E-state index in [-0.39, 0.29) is 35.9 Å². The predicted molar refractivity (Wildman–Crippen MR) is 105 cm³/mol. The molecule has 7 heteroatoms. The van der Waals surface area contributed by atoms with Gasteiger partial charge in [-0.15, -0.1) is 24.0 Å². The molecule has 0 atom stereocenters. The van der Waals surface area contributed by atoms with Gasteiger partial charge in [-0.1, -0.05) is 6.07 Å². The highest BCUT2D eigenvalue weighted by molar-refractivity contribution is 14.0. The van der Waals surface area contributed by atoms with E-state index in [4.69, 9.17) is 5.73 Å². The van der Waals surface area contributed by atoms with Crippen LogP contribution < -0.4 is 10.6 Å². The lowest BCUT2D eigenvalue weighted by atomic mass is 10.1. The van der Waals surface area contributed by atoms with Crippen LogP contribution in [0.3, 0.4) is 0 Å². The Bertz CT molecular complexity index is 586. The van der Waals surface area contributed by atoms with Crippen molar-refractivity contribution in [2.45, 2.75) is 44.4 Å². The van der Waals surface area contributed by atoms with Gasteiger partial charge in [-0.05, 0) is 43.4 Å². The van der Waals surface area contributed by atoms with Gasteiger partial charge in [0.25, 0.3) is 0 Å². The van der Waals surface area contributed by atoms with E-state index < -0.39 is 0 Å². The van der Waals surface area contributed by atoms with Crippen molar-refractivity contribution in [2.24, 2.45) is 10.7 Å². The third-order valence-electron chi connectivity index (χ3n) is 4.70. The Hall–Kier alpha value is -1.09. The molecule has 1 saturated carbocycles. The number of nitrogens with zero attached hydrogens (tertiary/aromatic N) is 3. The zero-order valence-corrected chi connectivity index (χ0v) is 16.3. The monoisotopic (exact) mass is 448 g/mol. The van der Waals surface area contributed by atoms with Gasteiger partial charge in [0.2, 0.25) is 0 Å². The largest absolute Gasteiger partial charge is 0.393 e. The summed E-state index contributed by atoms with van der Waals surface area (Å²) in [5, 5.41) is 9.55. The first-order valence-corrected chi connectivity index (χ1v) is 8.29. The fourth-order valence-electron chi connectivity index (χ4n) is 2.94. The first-order chi connectivity index (χ1) is 11.0. The van der Waals surface area contributed by atoms with Crippen molar-refractivity contribution in [2.75, 3.05) is 25.0 Å². The van der Waals surface area contributed by atoms with Gasteiger partial charge >= 0.3 is 0 Å². The molecule has 1 aromatic carbocycles. The SMILES string of the molecule is CN(C(N)=NCc1ccc(N2CCC(O)CC2)c(F)c1)C1CC1.I. The van der Waals surface area contributed by atoms with E-state index in [1.54, 1.807) is 6.07 Å². The molecule has 0 amide bonds. The molecule has 0 aromatic heterocycles. The number of aliphatic imine (C=N–C) groups is 1. The van der Waals surface area contributed by atoms with E-state index in [2.05, 4.69) is 4.99 Å². The molecule has 3 rings (SSSR count). The van der Waals surface area contributed by atoms with Crippen molar-refractivity contribution in [1.82, 2.24) is 4.90 Å².